The van der Waals surface area contributed by atoms with Gasteiger partial charge in [-0.25, -0.2) is 13.4 Å². The van der Waals surface area contributed by atoms with Crippen molar-refractivity contribution in [3.8, 4) is 0 Å². The van der Waals surface area contributed by atoms with Gasteiger partial charge in [0.05, 0.1) is 15.8 Å². The minimum Gasteiger partial charge on any atom is -0.386 e. The monoisotopic (exact) mass is 557 g/mol. The normalized spacial score (nSPS) is 13.0. The Morgan fingerprint density at radius 2 is 2.00 bits per heavy atom. The molecule has 0 radical (unpaired) electrons. The molecular weight excluding hydrogens is 533 g/mol. The van der Waals surface area contributed by atoms with Crippen LogP contribution in [-0.4, -0.2) is 38.8 Å². The Morgan fingerprint density at radius 1 is 1.29 bits per heavy atom. The molecule has 0 amide bonds. The number of halogens is 2. The van der Waals surface area contributed by atoms with Crippen LogP contribution in [0, 0.1) is 6.92 Å². The lowest BCUT2D eigenvalue weighted by atomic mass is 10.1. The van der Waals surface area contributed by atoms with Crippen LogP contribution in [0.2, 0.25) is 4.34 Å². The Hall–Kier alpha value is -0.880. The third-order valence-electron chi connectivity index (χ3n) is 3.79. The number of aliphatic hydroxyl groups excluding tert-OH is 1. The number of aliphatic hydroxyl groups is 1. The number of thiophene rings is 1. The number of rotatable bonds is 7. The molecule has 28 heavy (non-hydrogen) atoms. The molecule has 2 rings (SSSR count). The van der Waals surface area contributed by atoms with Crippen molar-refractivity contribution in [2.75, 3.05) is 19.3 Å². The van der Waals surface area contributed by atoms with E-state index in [9.17, 15) is 13.5 Å². The Bertz CT molecular complexity index is 917. The van der Waals surface area contributed by atoms with Gasteiger partial charge in [0.1, 0.15) is 6.10 Å². The molecule has 1 atom stereocenters. The minimum absolute atomic E-state index is 0. The molecule has 1 unspecified atom stereocenters. The third-order valence-corrected chi connectivity index (χ3v) is 6.38. The summed E-state index contributed by atoms with van der Waals surface area (Å²) in [5, 5.41) is 16.5. The van der Waals surface area contributed by atoms with E-state index in [-0.39, 0.29) is 24.0 Å². The van der Waals surface area contributed by atoms with Gasteiger partial charge in [0.2, 0.25) is 0 Å². The van der Waals surface area contributed by atoms with E-state index in [2.05, 4.69) is 15.6 Å². The van der Waals surface area contributed by atoms with Gasteiger partial charge in [-0.15, -0.1) is 35.3 Å². The van der Waals surface area contributed by atoms with Crippen molar-refractivity contribution in [3.63, 3.8) is 0 Å². The average Bonchev–Trinajstić information content (AvgIpc) is 3.02. The molecule has 0 spiro atoms. The van der Waals surface area contributed by atoms with Gasteiger partial charge in [0, 0.05) is 24.2 Å². The third kappa shape index (κ3) is 7.51. The molecule has 0 bridgehead atoms. The molecule has 3 N–H and O–H groups in total. The van der Waals surface area contributed by atoms with E-state index < -0.39 is 15.9 Å². The fourth-order valence-electron chi connectivity index (χ4n) is 2.54. The molecule has 0 saturated heterocycles. The highest BCUT2D eigenvalue weighted by Crippen LogP contribution is 2.26. The summed E-state index contributed by atoms with van der Waals surface area (Å²) in [5.74, 6) is 0.573. The summed E-state index contributed by atoms with van der Waals surface area (Å²) in [4.78, 5) is 5.62. The Labute approximate surface area is 192 Å². The zero-order valence-electron chi connectivity index (χ0n) is 15.9. The van der Waals surface area contributed by atoms with E-state index in [1.54, 1.807) is 31.2 Å². The molecule has 6 nitrogen and oxygen atoms in total. The average molecular weight is 558 g/mol. The number of hydrogen-bond acceptors (Lipinski definition) is 5. The topological polar surface area (TPSA) is 90.8 Å². The van der Waals surface area contributed by atoms with Crippen LogP contribution < -0.4 is 10.6 Å². The van der Waals surface area contributed by atoms with Crippen LogP contribution in [0.5, 0.6) is 0 Å². The smallest absolute Gasteiger partial charge is 0.191 e. The van der Waals surface area contributed by atoms with E-state index in [0.717, 1.165) is 10.4 Å². The number of aryl methyl sites for hydroxylation is 1. The highest BCUT2D eigenvalue weighted by Gasteiger charge is 2.12. The molecule has 1 aromatic heterocycles. The quantitative estimate of drug-likeness (QED) is 0.275. The summed E-state index contributed by atoms with van der Waals surface area (Å²) in [6.45, 7) is 5.10. The van der Waals surface area contributed by atoms with E-state index in [1.165, 1.54) is 17.6 Å². The largest absolute Gasteiger partial charge is 0.386 e. The summed E-state index contributed by atoms with van der Waals surface area (Å²) in [7, 11) is -3.23. The molecule has 156 valence electrons. The fraction of sp³-hybridized carbons (Fsp3) is 0.389. The lowest BCUT2D eigenvalue weighted by Gasteiger charge is -2.14. The predicted molar refractivity (Wildman–Crippen MR) is 127 cm³/mol. The summed E-state index contributed by atoms with van der Waals surface area (Å²) in [6, 6.07) is 8.76. The first kappa shape index (κ1) is 25.2. The molecule has 0 fully saturated rings. The number of benzene rings is 1. The molecule has 10 heteroatoms. The molecule has 0 saturated carbocycles. The van der Waals surface area contributed by atoms with Crippen LogP contribution in [0.3, 0.4) is 0 Å². The SMILES string of the molecule is CCNC(=NCc1ccc(S(C)(=O)=O)c(C)c1)NCC(O)c1ccc(Cl)s1.I. The highest BCUT2D eigenvalue weighted by atomic mass is 127. The minimum atomic E-state index is -3.23. The van der Waals surface area contributed by atoms with Crippen molar-refractivity contribution in [3.05, 3.63) is 50.7 Å². The molecule has 1 aromatic carbocycles. The first-order valence-electron chi connectivity index (χ1n) is 8.45. The van der Waals surface area contributed by atoms with Gasteiger partial charge in [0.15, 0.2) is 15.8 Å². The summed E-state index contributed by atoms with van der Waals surface area (Å²) >= 11 is 7.24. The molecule has 0 aliphatic heterocycles. The Balaban J connectivity index is 0.00000392. The van der Waals surface area contributed by atoms with Crippen LogP contribution >= 0.6 is 46.9 Å². The van der Waals surface area contributed by atoms with Crippen molar-refractivity contribution in [1.82, 2.24) is 10.6 Å². The molecule has 2 aromatic rings. The summed E-state index contributed by atoms with van der Waals surface area (Å²) in [5.41, 5.74) is 1.61. The number of nitrogens with one attached hydrogen (secondary N) is 2. The van der Waals surface area contributed by atoms with Gasteiger partial charge in [-0.3, -0.25) is 0 Å². The van der Waals surface area contributed by atoms with Crippen molar-refractivity contribution < 1.29 is 13.5 Å². The molecular formula is C18H25ClIN3O3S2. The van der Waals surface area contributed by atoms with E-state index >= 15 is 0 Å². The highest BCUT2D eigenvalue weighted by molar-refractivity contribution is 14.0. The lowest BCUT2D eigenvalue weighted by molar-refractivity contribution is 0.184. The number of guanidine groups is 1. The van der Waals surface area contributed by atoms with Crippen molar-refractivity contribution in [1.29, 1.82) is 0 Å². The maximum Gasteiger partial charge on any atom is 0.191 e. The van der Waals surface area contributed by atoms with Gasteiger partial charge < -0.3 is 15.7 Å². The van der Waals surface area contributed by atoms with E-state index in [4.69, 9.17) is 11.6 Å². The molecule has 1 heterocycles. The Kier molecular flexibility index (Phi) is 10.2. The second-order valence-corrected chi connectivity index (χ2v) is 9.84. The lowest BCUT2D eigenvalue weighted by Crippen LogP contribution is -2.39. The van der Waals surface area contributed by atoms with Gasteiger partial charge in [0.25, 0.3) is 0 Å². The van der Waals surface area contributed by atoms with Crippen LogP contribution in [-0.2, 0) is 16.4 Å². The van der Waals surface area contributed by atoms with Crippen LogP contribution in [0.25, 0.3) is 0 Å². The second kappa shape index (κ2) is 11.3. The predicted octanol–water partition coefficient (Wildman–Crippen LogP) is 3.52. The van der Waals surface area contributed by atoms with E-state index in [1.807, 2.05) is 13.0 Å². The maximum atomic E-state index is 11.7. The summed E-state index contributed by atoms with van der Waals surface area (Å²) < 4.78 is 24.0. The number of hydrogen-bond donors (Lipinski definition) is 3. The molecule has 0 aliphatic rings. The van der Waals surface area contributed by atoms with Gasteiger partial charge >= 0.3 is 0 Å². The number of nitrogens with zero attached hydrogens (tertiary/aromatic N) is 1. The van der Waals surface area contributed by atoms with Gasteiger partial charge in [-0.1, -0.05) is 23.7 Å². The van der Waals surface area contributed by atoms with Crippen molar-refractivity contribution in [2.24, 2.45) is 4.99 Å². The Morgan fingerprint density at radius 3 is 2.54 bits per heavy atom. The first-order chi connectivity index (χ1) is 12.7. The number of aliphatic imine (C=N–C) groups is 1. The van der Waals surface area contributed by atoms with Gasteiger partial charge in [-0.05, 0) is 43.2 Å². The van der Waals surface area contributed by atoms with Crippen LogP contribution in [0.4, 0.5) is 0 Å². The number of sulfone groups is 1. The first-order valence-corrected chi connectivity index (χ1v) is 11.5. The van der Waals surface area contributed by atoms with Gasteiger partial charge in [-0.2, -0.15) is 0 Å². The van der Waals surface area contributed by atoms with E-state index in [0.29, 0.717) is 40.4 Å². The maximum absolute atomic E-state index is 11.7. The second-order valence-electron chi connectivity index (χ2n) is 6.11. The summed E-state index contributed by atoms with van der Waals surface area (Å²) in [6.07, 6.45) is 0.523. The fourth-order valence-corrected chi connectivity index (χ4v) is 4.55. The zero-order valence-corrected chi connectivity index (χ0v) is 20.6. The standard InChI is InChI=1S/C18H24ClN3O3S2.HI/c1-4-20-18(22-11-14(23)15-6-8-17(19)26-15)21-10-13-5-7-16(12(2)9-13)27(3,24)25;/h5-9,14,23H,4,10-11H2,1-3H3,(H2,20,21,22);1H. The zero-order chi connectivity index (χ0) is 20.0. The van der Waals surface area contributed by atoms with Crippen LogP contribution in [0.1, 0.15) is 29.0 Å². The van der Waals surface area contributed by atoms with Crippen molar-refractivity contribution in [2.45, 2.75) is 31.4 Å². The van der Waals surface area contributed by atoms with Crippen LogP contribution in [0.15, 0.2) is 40.2 Å². The van der Waals surface area contributed by atoms with Crippen molar-refractivity contribution >= 4 is 62.7 Å². The molecule has 0 aliphatic carbocycles.